The number of aliphatic carboxylic acids is 1. The summed E-state index contributed by atoms with van der Waals surface area (Å²) in [5.41, 5.74) is 0.183. The van der Waals surface area contributed by atoms with E-state index in [0.717, 1.165) is 5.69 Å². The second-order valence-electron chi connectivity index (χ2n) is 5.67. The lowest BCUT2D eigenvalue weighted by Gasteiger charge is -2.30. The molecule has 0 aliphatic carbocycles. The summed E-state index contributed by atoms with van der Waals surface area (Å²) in [4.78, 5) is 25.1. The Bertz CT molecular complexity index is 466. The van der Waals surface area contributed by atoms with E-state index in [4.69, 9.17) is 0 Å². The zero-order valence-corrected chi connectivity index (χ0v) is 12.4. The number of nitrogens with zero attached hydrogens (tertiary/aromatic N) is 1. The Morgan fingerprint density at radius 2 is 1.80 bits per heavy atom. The molecule has 0 fully saturated rings. The molecule has 110 valence electrons. The topological polar surface area (TPSA) is 69.6 Å². The Morgan fingerprint density at radius 1 is 1.25 bits per heavy atom. The molecule has 0 aliphatic rings. The summed E-state index contributed by atoms with van der Waals surface area (Å²) in [6.07, 6.45) is 0. The van der Waals surface area contributed by atoms with Gasteiger partial charge in [-0.15, -0.1) is 0 Å². The number of urea groups is 1. The summed E-state index contributed by atoms with van der Waals surface area (Å²) < 4.78 is 0. The van der Waals surface area contributed by atoms with Gasteiger partial charge < -0.3 is 10.4 Å². The first kappa shape index (κ1) is 16.0. The van der Waals surface area contributed by atoms with Gasteiger partial charge in [0.1, 0.15) is 6.04 Å². The number of amides is 2. The molecule has 2 amide bonds. The highest BCUT2D eigenvalue weighted by molar-refractivity contribution is 5.94. The predicted molar refractivity (Wildman–Crippen MR) is 78.9 cm³/mol. The number of carboxylic acids is 1. The summed E-state index contributed by atoms with van der Waals surface area (Å²) >= 11 is 0. The van der Waals surface area contributed by atoms with E-state index in [-0.39, 0.29) is 0 Å². The smallest absolute Gasteiger partial charge is 0.326 e. The van der Waals surface area contributed by atoms with E-state index >= 15 is 0 Å². The van der Waals surface area contributed by atoms with Crippen LogP contribution in [-0.2, 0) is 4.79 Å². The standard InChI is InChI=1S/C15H22N2O3/c1-5-17(11-9-7-6-8-10-11)14(20)16-12(13(18)19)15(2,3)4/h6-10,12H,5H2,1-4H3,(H,16,20)(H,18,19). The number of hydrogen-bond acceptors (Lipinski definition) is 2. The molecule has 0 heterocycles. The van der Waals surface area contributed by atoms with Crippen molar-refractivity contribution in [3.63, 3.8) is 0 Å². The van der Waals surface area contributed by atoms with Gasteiger partial charge >= 0.3 is 12.0 Å². The van der Waals surface area contributed by atoms with Crippen LogP contribution in [0.4, 0.5) is 10.5 Å². The molecule has 1 unspecified atom stereocenters. The van der Waals surface area contributed by atoms with Crippen LogP contribution in [0, 0.1) is 5.41 Å². The van der Waals surface area contributed by atoms with Crippen LogP contribution in [0.3, 0.4) is 0 Å². The maximum atomic E-state index is 12.3. The second-order valence-corrected chi connectivity index (χ2v) is 5.67. The minimum absolute atomic E-state index is 0.402. The van der Waals surface area contributed by atoms with Crippen LogP contribution in [0.15, 0.2) is 30.3 Å². The molecule has 0 saturated carbocycles. The van der Waals surface area contributed by atoms with Crippen molar-refractivity contribution in [2.24, 2.45) is 5.41 Å². The van der Waals surface area contributed by atoms with E-state index in [1.165, 1.54) is 4.90 Å². The Hall–Kier alpha value is -2.04. The van der Waals surface area contributed by atoms with Gasteiger partial charge in [0, 0.05) is 12.2 Å². The van der Waals surface area contributed by atoms with Gasteiger partial charge in [0.2, 0.25) is 0 Å². The third-order valence-corrected chi connectivity index (χ3v) is 3.01. The van der Waals surface area contributed by atoms with Gasteiger partial charge in [-0.1, -0.05) is 39.0 Å². The first-order chi connectivity index (χ1) is 9.27. The van der Waals surface area contributed by atoms with Crippen molar-refractivity contribution in [3.8, 4) is 0 Å². The summed E-state index contributed by atoms with van der Waals surface area (Å²) in [6.45, 7) is 7.66. The van der Waals surface area contributed by atoms with Crippen molar-refractivity contribution >= 4 is 17.7 Å². The van der Waals surface area contributed by atoms with Gasteiger partial charge in [0.25, 0.3) is 0 Å². The summed E-state index contributed by atoms with van der Waals surface area (Å²) in [7, 11) is 0. The number of carboxylic acid groups (broad SMARTS) is 1. The Morgan fingerprint density at radius 3 is 2.20 bits per heavy atom. The number of carbonyl (C=O) groups excluding carboxylic acids is 1. The van der Waals surface area contributed by atoms with Crippen molar-refractivity contribution in [1.29, 1.82) is 0 Å². The number of carbonyl (C=O) groups is 2. The summed E-state index contributed by atoms with van der Waals surface area (Å²) in [5.74, 6) is -1.03. The number of para-hydroxylation sites is 1. The van der Waals surface area contributed by atoms with Crippen LogP contribution in [0.1, 0.15) is 27.7 Å². The molecule has 0 radical (unpaired) electrons. The number of hydrogen-bond donors (Lipinski definition) is 2. The van der Waals surface area contributed by atoms with Gasteiger partial charge in [0.05, 0.1) is 0 Å². The van der Waals surface area contributed by atoms with Gasteiger partial charge in [-0.05, 0) is 24.5 Å². The Kier molecular flexibility index (Phi) is 5.13. The minimum atomic E-state index is -1.03. The fraction of sp³-hybridized carbons (Fsp3) is 0.467. The molecule has 1 atom stereocenters. The van der Waals surface area contributed by atoms with Gasteiger partial charge in [-0.2, -0.15) is 0 Å². The molecule has 2 N–H and O–H groups in total. The lowest BCUT2D eigenvalue weighted by Crippen LogP contribution is -2.53. The fourth-order valence-electron chi connectivity index (χ4n) is 1.90. The SMILES string of the molecule is CCN(C(=O)NC(C(=O)O)C(C)(C)C)c1ccccc1. The zero-order valence-electron chi connectivity index (χ0n) is 12.4. The van der Waals surface area contributed by atoms with Gasteiger partial charge in [0.15, 0.2) is 0 Å². The number of benzene rings is 1. The molecule has 1 rings (SSSR count). The molecule has 0 bridgehead atoms. The van der Waals surface area contributed by atoms with Gasteiger partial charge in [-0.3, -0.25) is 4.90 Å². The fourth-order valence-corrected chi connectivity index (χ4v) is 1.90. The van der Waals surface area contributed by atoms with E-state index in [1.807, 2.05) is 37.3 Å². The average Bonchev–Trinajstić information content (AvgIpc) is 2.36. The lowest BCUT2D eigenvalue weighted by molar-refractivity contribution is -0.141. The van der Waals surface area contributed by atoms with Crippen molar-refractivity contribution in [3.05, 3.63) is 30.3 Å². The third-order valence-electron chi connectivity index (χ3n) is 3.01. The van der Waals surface area contributed by atoms with Crippen LogP contribution < -0.4 is 10.2 Å². The first-order valence-electron chi connectivity index (χ1n) is 6.63. The van der Waals surface area contributed by atoms with Crippen molar-refractivity contribution in [2.75, 3.05) is 11.4 Å². The monoisotopic (exact) mass is 278 g/mol. The number of nitrogens with one attached hydrogen (secondary N) is 1. The first-order valence-corrected chi connectivity index (χ1v) is 6.63. The normalized spacial score (nSPS) is 12.6. The van der Waals surface area contributed by atoms with E-state index in [9.17, 15) is 14.7 Å². The summed E-state index contributed by atoms with van der Waals surface area (Å²) in [5, 5.41) is 11.8. The van der Waals surface area contributed by atoms with E-state index in [1.54, 1.807) is 20.8 Å². The van der Waals surface area contributed by atoms with Crippen LogP contribution in [0.25, 0.3) is 0 Å². The molecule has 5 heteroatoms. The van der Waals surface area contributed by atoms with Crippen LogP contribution in [0.2, 0.25) is 0 Å². The molecular weight excluding hydrogens is 256 g/mol. The molecule has 0 aliphatic heterocycles. The van der Waals surface area contributed by atoms with Crippen LogP contribution in [-0.4, -0.2) is 29.7 Å². The second kappa shape index (κ2) is 6.41. The van der Waals surface area contributed by atoms with E-state index in [0.29, 0.717) is 6.54 Å². The van der Waals surface area contributed by atoms with Crippen LogP contribution in [0.5, 0.6) is 0 Å². The van der Waals surface area contributed by atoms with Gasteiger partial charge in [-0.25, -0.2) is 9.59 Å². The number of rotatable bonds is 4. The maximum absolute atomic E-state index is 12.3. The molecule has 0 spiro atoms. The molecule has 1 aromatic carbocycles. The van der Waals surface area contributed by atoms with Crippen LogP contribution >= 0.6 is 0 Å². The average molecular weight is 278 g/mol. The third kappa shape index (κ3) is 3.98. The molecule has 20 heavy (non-hydrogen) atoms. The zero-order chi connectivity index (χ0) is 15.3. The quantitative estimate of drug-likeness (QED) is 0.889. The minimum Gasteiger partial charge on any atom is -0.480 e. The maximum Gasteiger partial charge on any atom is 0.326 e. The Balaban J connectivity index is 2.90. The van der Waals surface area contributed by atoms with Crippen molar-refractivity contribution < 1.29 is 14.7 Å². The van der Waals surface area contributed by atoms with Crippen molar-refractivity contribution in [2.45, 2.75) is 33.7 Å². The highest BCUT2D eigenvalue weighted by atomic mass is 16.4. The molecule has 5 nitrogen and oxygen atoms in total. The molecule has 1 aromatic rings. The molecular formula is C15H22N2O3. The largest absolute Gasteiger partial charge is 0.480 e. The molecule has 0 aromatic heterocycles. The lowest BCUT2D eigenvalue weighted by atomic mass is 9.87. The van der Waals surface area contributed by atoms with Crippen molar-refractivity contribution in [1.82, 2.24) is 5.32 Å². The highest BCUT2D eigenvalue weighted by Crippen LogP contribution is 2.20. The Labute approximate surface area is 119 Å². The summed E-state index contributed by atoms with van der Waals surface area (Å²) in [6, 6.07) is 7.83. The predicted octanol–water partition coefficient (Wildman–Crippen LogP) is 2.72. The highest BCUT2D eigenvalue weighted by Gasteiger charge is 2.33. The number of anilines is 1. The molecule has 0 saturated heterocycles. The van der Waals surface area contributed by atoms with E-state index < -0.39 is 23.5 Å². The van der Waals surface area contributed by atoms with E-state index in [2.05, 4.69) is 5.32 Å².